The zero-order valence-electron chi connectivity index (χ0n) is 12.9. The van der Waals surface area contributed by atoms with E-state index in [1.807, 2.05) is 0 Å². The average Bonchev–Trinajstić information content (AvgIpc) is 2.74. The standard InChI is InChI=1S/C17H26SSi/c1-14-10-11-17(15(2)12-14,18-19(3,4)5)13-16-8-6-7-9-16/h6,8-10,12H,7,11,13H2,1-5H3. The first kappa shape index (κ1) is 14.9. The van der Waals surface area contributed by atoms with Gasteiger partial charge in [-0.3, -0.25) is 0 Å². The van der Waals surface area contributed by atoms with E-state index in [-0.39, 0.29) is 0 Å². The van der Waals surface area contributed by atoms with Gasteiger partial charge in [0.2, 0.25) is 0 Å². The molecule has 0 radical (unpaired) electrons. The molecule has 19 heavy (non-hydrogen) atoms. The van der Waals surface area contributed by atoms with Crippen molar-refractivity contribution in [2.24, 2.45) is 0 Å². The summed E-state index contributed by atoms with van der Waals surface area (Å²) in [5, 5.41) is 0. The molecule has 2 rings (SSSR count). The van der Waals surface area contributed by atoms with Crippen LogP contribution < -0.4 is 0 Å². The van der Waals surface area contributed by atoms with Crippen LogP contribution in [0, 0.1) is 0 Å². The molecule has 0 spiro atoms. The summed E-state index contributed by atoms with van der Waals surface area (Å²) >= 11 is 2.27. The largest absolute Gasteiger partial charge is 0.174 e. The van der Waals surface area contributed by atoms with Crippen LogP contribution in [-0.4, -0.2) is 12.0 Å². The van der Waals surface area contributed by atoms with E-state index < -0.39 is 7.22 Å². The molecule has 2 aliphatic rings. The summed E-state index contributed by atoms with van der Waals surface area (Å²) in [6.07, 6.45) is 15.4. The fourth-order valence-corrected chi connectivity index (χ4v) is 9.21. The number of rotatable bonds is 4. The van der Waals surface area contributed by atoms with Crippen molar-refractivity contribution in [3.05, 3.63) is 47.1 Å². The van der Waals surface area contributed by atoms with Gasteiger partial charge in [0, 0.05) is 4.75 Å². The van der Waals surface area contributed by atoms with Gasteiger partial charge in [0.1, 0.15) is 7.22 Å². The average molecular weight is 291 g/mol. The van der Waals surface area contributed by atoms with E-state index in [0.29, 0.717) is 4.75 Å². The molecule has 1 unspecified atom stereocenters. The molecule has 0 aromatic rings. The van der Waals surface area contributed by atoms with Crippen molar-refractivity contribution >= 4 is 18.4 Å². The lowest BCUT2D eigenvalue weighted by atomic mass is 9.84. The summed E-state index contributed by atoms with van der Waals surface area (Å²) in [7, 11) is -1.16. The molecule has 0 aromatic carbocycles. The molecule has 0 saturated heterocycles. The zero-order valence-corrected chi connectivity index (χ0v) is 14.7. The van der Waals surface area contributed by atoms with Gasteiger partial charge >= 0.3 is 0 Å². The van der Waals surface area contributed by atoms with Crippen molar-refractivity contribution in [3.8, 4) is 0 Å². The Morgan fingerprint density at radius 2 is 1.95 bits per heavy atom. The lowest BCUT2D eigenvalue weighted by Gasteiger charge is -2.41. The molecule has 0 amide bonds. The van der Waals surface area contributed by atoms with E-state index in [0.717, 1.165) is 6.42 Å². The molecule has 2 heteroatoms. The first-order chi connectivity index (χ1) is 8.81. The molecule has 0 bridgehead atoms. The third-order valence-corrected chi connectivity index (χ3v) is 8.40. The van der Waals surface area contributed by atoms with Crippen molar-refractivity contribution in [2.75, 3.05) is 0 Å². The Labute approximate surface area is 123 Å². The van der Waals surface area contributed by atoms with Crippen LogP contribution in [0.4, 0.5) is 0 Å². The number of allylic oxidation sites excluding steroid dienone is 7. The van der Waals surface area contributed by atoms with Crippen molar-refractivity contribution < 1.29 is 0 Å². The van der Waals surface area contributed by atoms with Crippen LogP contribution in [0.15, 0.2) is 47.1 Å². The minimum atomic E-state index is -1.16. The maximum atomic E-state index is 2.47. The van der Waals surface area contributed by atoms with Crippen molar-refractivity contribution in [1.82, 2.24) is 0 Å². The molecule has 0 fully saturated rings. The molecule has 0 aromatic heterocycles. The van der Waals surface area contributed by atoms with Gasteiger partial charge in [0.15, 0.2) is 0 Å². The maximum absolute atomic E-state index is 2.47. The number of hydrogen-bond acceptors (Lipinski definition) is 1. The fourth-order valence-electron chi connectivity index (χ4n) is 2.94. The highest BCUT2D eigenvalue weighted by Crippen LogP contribution is 2.49. The van der Waals surface area contributed by atoms with Crippen LogP contribution >= 0.6 is 11.2 Å². The van der Waals surface area contributed by atoms with E-state index in [1.165, 1.54) is 24.0 Å². The molecule has 0 saturated carbocycles. The fraction of sp³-hybridized carbons (Fsp3) is 0.529. The Hall–Kier alpha value is -0.473. The van der Waals surface area contributed by atoms with Crippen LogP contribution in [0.3, 0.4) is 0 Å². The second-order valence-corrected chi connectivity index (χ2v) is 16.3. The molecule has 2 aliphatic carbocycles. The van der Waals surface area contributed by atoms with Gasteiger partial charge in [-0.2, -0.15) is 11.2 Å². The van der Waals surface area contributed by atoms with E-state index in [4.69, 9.17) is 0 Å². The van der Waals surface area contributed by atoms with Crippen LogP contribution in [0.2, 0.25) is 19.6 Å². The van der Waals surface area contributed by atoms with Crippen LogP contribution in [-0.2, 0) is 0 Å². The van der Waals surface area contributed by atoms with Gasteiger partial charge in [0.05, 0.1) is 0 Å². The quantitative estimate of drug-likeness (QED) is 0.584. The summed E-state index contributed by atoms with van der Waals surface area (Å²) in [5.74, 6) is 0. The lowest BCUT2D eigenvalue weighted by Crippen LogP contribution is -2.35. The van der Waals surface area contributed by atoms with Gasteiger partial charge in [-0.05, 0) is 33.1 Å². The second-order valence-electron chi connectivity index (χ2n) is 6.78. The lowest BCUT2D eigenvalue weighted by molar-refractivity contribution is 0.670. The smallest absolute Gasteiger partial charge is 0.109 e. The topological polar surface area (TPSA) is 0 Å². The number of hydrogen-bond donors (Lipinski definition) is 0. The second kappa shape index (κ2) is 5.49. The SMILES string of the molecule is CC1=CCC(CC2=CCC=C2)(S[Si](C)(C)C)C(C)=C1. The predicted molar refractivity (Wildman–Crippen MR) is 92.3 cm³/mol. The Morgan fingerprint density at radius 1 is 1.21 bits per heavy atom. The van der Waals surface area contributed by atoms with Crippen molar-refractivity contribution in [1.29, 1.82) is 0 Å². The minimum absolute atomic E-state index is 0.310. The van der Waals surface area contributed by atoms with E-state index >= 15 is 0 Å². The first-order valence-electron chi connectivity index (χ1n) is 7.22. The van der Waals surface area contributed by atoms with E-state index in [9.17, 15) is 0 Å². The Morgan fingerprint density at radius 3 is 2.47 bits per heavy atom. The Bertz CT molecular complexity index is 474. The highest BCUT2D eigenvalue weighted by molar-refractivity contribution is 8.29. The summed E-state index contributed by atoms with van der Waals surface area (Å²) in [6.45, 7) is 12.0. The van der Waals surface area contributed by atoms with E-state index in [1.54, 1.807) is 5.57 Å². The van der Waals surface area contributed by atoms with Gasteiger partial charge < -0.3 is 0 Å². The molecule has 1 atom stereocenters. The van der Waals surface area contributed by atoms with Crippen molar-refractivity contribution in [3.63, 3.8) is 0 Å². The van der Waals surface area contributed by atoms with Crippen LogP contribution in [0.1, 0.15) is 33.1 Å². The molecule has 0 aliphatic heterocycles. The van der Waals surface area contributed by atoms with Crippen molar-refractivity contribution in [2.45, 2.75) is 57.5 Å². The molecular formula is C17H26SSi. The molecule has 104 valence electrons. The highest BCUT2D eigenvalue weighted by atomic mass is 32.4. The highest BCUT2D eigenvalue weighted by Gasteiger charge is 2.38. The molecule has 0 heterocycles. The van der Waals surface area contributed by atoms with Gasteiger partial charge in [-0.1, -0.05) is 66.7 Å². The van der Waals surface area contributed by atoms with Gasteiger partial charge in [-0.25, -0.2) is 0 Å². The Balaban J connectivity index is 2.28. The molecule has 0 N–H and O–H groups in total. The normalized spacial score (nSPS) is 27.1. The zero-order chi connectivity index (χ0) is 14.1. The Kier molecular flexibility index (Phi) is 4.31. The third kappa shape index (κ3) is 3.76. The maximum Gasteiger partial charge on any atom is 0.109 e. The third-order valence-electron chi connectivity index (χ3n) is 3.76. The minimum Gasteiger partial charge on any atom is -0.174 e. The summed E-state index contributed by atoms with van der Waals surface area (Å²) in [4.78, 5) is 0. The van der Waals surface area contributed by atoms with E-state index in [2.05, 4.69) is 75.1 Å². The summed E-state index contributed by atoms with van der Waals surface area (Å²) in [5.41, 5.74) is 4.54. The monoisotopic (exact) mass is 290 g/mol. The first-order valence-corrected chi connectivity index (χ1v) is 12.3. The van der Waals surface area contributed by atoms with Crippen LogP contribution in [0.5, 0.6) is 0 Å². The van der Waals surface area contributed by atoms with Crippen LogP contribution in [0.25, 0.3) is 0 Å². The summed E-state index contributed by atoms with van der Waals surface area (Å²) < 4.78 is 0.310. The summed E-state index contributed by atoms with van der Waals surface area (Å²) in [6, 6.07) is 0. The van der Waals surface area contributed by atoms with Gasteiger partial charge in [-0.15, -0.1) is 0 Å². The van der Waals surface area contributed by atoms with Gasteiger partial charge in [0.25, 0.3) is 0 Å². The molecular weight excluding hydrogens is 264 g/mol. The molecule has 0 nitrogen and oxygen atoms in total. The predicted octanol–water partition coefficient (Wildman–Crippen LogP) is 5.87.